The summed E-state index contributed by atoms with van der Waals surface area (Å²) in [5, 5.41) is 9.71. The molecule has 3 rings (SSSR count). The fraction of sp³-hybridized carbons (Fsp3) is 0.435. The second-order valence-electron chi connectivity index (χ2n) is 8.66. The average molecular weight is 480 g/mol. The first kappa shape index (κ1) is 24.9. The highest BCUT2D eigenvalue weighted by Crippen LogP contribution is 2.31. The average Bonchev–Trinajstić information content (AvgIpc) is 2.76. The Labute approximate surface area is 194 Å². The number of amides is 1. The van der Waals surface area contributed by atoms with E-state index in [0.29, 0.717) is 18.8 Å². The summed E-state index contributed by atoms with van der Waals surface area (Å²) in [6.07, 6.45) is -0.220. The van der Waals surface area contributed by atoms with Gasteiger partial charge in [0.15, 0.2) is 0 Å². The third-order valence-electron chi connectivity index (χ3n) is 5.59. The van der Waals surface area contributed by atoms with Crippen molar-refractivity contribution >= 4 is 21.6 Å². The van der Waals surface area contributed by atoms with Crippen LogP contribution in [0.1, 0.15) is 24.2 Å². The van der Waals surface area contributed by atoms with E-state index < -0.39 is 21.9 Å². The van der Waals surface area contributed by atoms with E-state index in [9.17, 15) is 22.7 Å². The number of sulfonamides is 1. The molecule has 1 heterocycles. The van der Waals surface area contributed by atoms with Crippen LogP contribution < -0.4 is 9.46 Å². The van der Waals surface area contributed by atoms with E-state index in [1.165, 1.54) is 12.1 Å². The first-order valence-corrected chi connectivity index (χ1v) is 12.2. The maximum absolute atomic E-state index is 13.4. The molecule has 0 aromatic heterocycles. The topological polar surface area (TPSA) is 99.2 Å². The normalized spacial score (nSPS) is 20.0. The van der Waals surface area contributed by atoms with Gasteiger partial charge in [-0.2, -0.15) is 0 Å². The standard InChI is InChI=1S/C23H30FN3O5S/c1-15-12-27(16(2)14-28)23(29)20-11-18(7-10-21(20)32-22(15)13-26(3)4)25-33(30,31)19-8-5-17(24)6-9-19/h5-11,15-16,22,25,28H,12-14H2,1-4H3/t15-,16-,22+/m0/s1. The molecule has 0 aliphatic carbocycles. The number of carbonyl (C=O) groups is 1. The molecule has 33 heavy (non-hydrogen) atoms. The van der Waals surface area contributed by atoms with Crippen LogP contribution in [0, 0.1) is 11.7 Å². The van der Waals surface area contributed by atoms with Crippen LogP contribution >= 0.6 is 0 Å². The highest BCUT2D eigenvalue weighted by molar-refractivity contribution is 7.92. The molecule has 0 radical (unpaired) electrons. The minimum absolute atomic E-state index is 0.00449. The van der Waals surface area contributed by atoms with Crippen LogP contribution in [-0.4, -0.2) is 75.2 Å². The molecule has 8 nitrogen and oxygen atoms in total. The Bertz CT molecular complexity index is 1090. The van der Waals surface area contributed by atoms with Crippen LogP contribution in [0.15, 0.2) is 47.4 Å². The number of ether oxygens (including phenoxy) is 1. The van der Waals surface area contributed by atoms with Crippen LogP contribution in [-0.2, 0) is 10.0 Å². The Kier molecular flexibility index (Phi) is 7.61. The molecular formula is C23H30FN3O5S. The van der Waals surface area contributed by atoms with Crippen molar-refractivity contribution in [1.82, 2.24) is 9.80 Å². The number of hydrogen-bond donors (Lipinski definition) is 2. The number of likely N-dealkylation sites (N-methyl/N-ethyl adjacent to an activating group) is 1. The van der Waals surface area contributed by atoms with Gasteiger partial charge in [0.05, 0.1) is 23.1 Å². The lowest BCUT2D eigenvalue weighted by Crippen LogP contribution is -2.49. The van der Waals surface area contributed by atoms with E-state index in [-0.39, 0.29) is 40.7 Å². The SMILES string of the molecule is C[C@H]1CN([C@@H](C)CO)C(=O)c2cc(NS(=O)(=O)c3ccc(F)cc3)ccc2O[C@@H]1CN(C)C. The van der Waals surface area contributed by atoms with E-state index in [1.807, 2.05) is 25.9 Å². The molecule has 0 spiro atoms. The third kappa shape index (κ3) is 5.82. The second-order valence-corrected chi connectivity index (χ2v) is 10.3. The number of nitrogens with zero attached hydrogens (tertiary/aromatic N) is 2. The number of benzene rings is 2. The Morgan fingerprint density at radius 2 is 1.91 bits per heavy atom. The van der Waals surface area contributed by atoms with Crippen molar-refractivity contribution in [3.05, 3.63) is 53.8 Å². The van der Waals surface area contributed by atoms with Crippen LogP contribution in [0.25, 0.3) is 0 Å². The number of anilines is 1. The summed E-state index contributed by atoms with van der Waals surface area (Å²) in [6.45, 7) is 4.55. The summed E-state index contributed by atoms with van der Waals surface area (Å²) >= 11 is 0. The summed E-state index contributed by atoms with van der Waals surface area (Å²) in [6, 6.07) is 8.54. The van der Waals surface area contributed by atoms with Crippen molar-refractivity contribution in [1.29, 1.82) is 0 Å². The van der Waals surface area contributed by atoms with E-state index in [2.05, 4.69) is 4.72 Å². The molecule has 2 aromatic carbocycles. The largest absolute Gasteiger partial charge is 0.488 e. The summed E-state index contributed by atoms with van der Waals surface area (Å²) < 4.78 is 47.3. The molecule has 0 fully saturated rings. The number of aliphatic hydroxyl groups excluding tert-OH is 1. The molecule has 180 valence electrons. The molecule has 1 amide bonds. The smallest absolute Gasteiger partial charge is 0.261 e. The monoisotopic (exact) mass is 479 g/mol. The van der Waals surface area contributed by atoms with Crippen LogP contribution in [0.2, 0.25) is 0 Å². The molecule has 3 atom stereocenters. The van der Waals surface area contributed by atoms with Gasteiger partial charge in [-0.15, -0.1) is 0 Å². The van der Waals surface area contributed by atoms with Crippen molar-refractivity contribution in [2.75, 3.05) is 38.5 Å². The molecule has 0 unspecified atom stereocenters. The van der Waals surface area contributed by atoms with Gasteiger partial charge in [0.1, 0.15) is 17.7 Å². The fourth-order valence-electron chi connectivity index (χ4n) is 3.69. The molecule has 0 saturated heterocycles. The van der Waals surface area contributed by atoms with Crippen LogP contribution in [0.5, 0.6) is 5.75 Å². The number of rotatable bonds is 7. The lowest BCUT2D eigenvalue weighted by Gasteiger charge is -2.37. The van der Waals surface area contributed by atoms with Crippen LogP contribution in [0.3, 0.4) is 0 Å². The maximum atomic E-state index is 13.4. The zero-order valence-corrected chi connectivity index (χ0v) is 20.0. The molecular weight excluding hydrogens is 449 g/mol. The molecule has 10 heteroatoms. The van der Waals surface area contributed by atoms with E-state index in [1.54, 1.807) is 17.9 Å². The van der Waals surface area contributed by atoms with E-state index in [4.69, 9.17) is 4.74 Å². The Balaban J connectivity index is 2.00. The molecule has 0 saturated carbocycles. The van der Waals surface area contributed by atoms with Crippen molar-refractivity contribution < 1.29 is 27.4 Å². The number of halogens is 1. The van der Waals surface area contributed by atoms with Gasteiger partial charge in [0.25, 0.3) is 15.9 Å². The Morgan fingerprint density at radius 3 is 2.52 bits per heavy atom. The third-order valence-corrected chi connectivity index (χ3v) is 6.98. The molecule has 0 bridgehead atoms. The second kappa shape index (κ2) is 10.1. The fourth-order valence-corrected chi connectivity index (χ4v) is 4.74. The highest BCUT2D eigenvalue weighted by atomic mass is 32.2. The zero-order chi connectivity index (χ0) is 24.3. The minimum atomic E-state index is -3.99. The molecule has 2 aromatic rings. The van der Waals surface area contributed by atoms with Gasteiger partial charge in [-0.25, -0.2) is 12.8 Å². The first-order chi connectivity index (χ1) is 15.5. The summed E-state index contributed by atoms with van der Waals surface area (Å²) in [5.74, 6) is -0.560. The van der Waals surface area contributed by atoms with E-state index in [0.717, 1.165) is 24.3 Å². The minimum Gasteiger partial charge on any atom is -0.488 e. The zero-order valence-electron chi connectivity index (χ0n) is 19.2. The van der Waals surface area contributed by atoms with Crippen LogP contribution in [0.4, 0.5) is 10.1 Å². The quantitative estimate of drug-likeness (QED) is 0.633. The number of fused-ring (bicyclic) bond motifs is 1. The van der Waals surface area contributed by atoms with Gasteiger partial charge in [0.2, 0.25) is 0 Å². The van der Waals surface area contributed by atoms with Gasteiger partial charge < -0.3 is 19.6 Å². The summed E-state index contributed by atoms with van der Waals surface area (Å²) in [7, 11) is -0.124. The number of carbonyl (C=O) groups excluding carboxylic acids is 1. The molecule has 1 aliphatic rings. The predicted octanol–water partition coefficient (Wildman–Crippen LogP) is 2.41. The lowest BCUT2D eigenvalue weighted by molar-refractivity contribution is 0.0363. The first-order valence-electron chi connectivity index (χ1n) is 10.7. The number of hydrogen-bond acceptors (Lipinski definition) is 6. The van der Waals surface area contributed by atoms with Gasteiger partial charge in [-0.1, -0.05) is 6.92 Å². The molecule has 2 N–H and O–H groups in total. The molecule has 1 aliphatic heterocycles. The highest BCUT2D eigenvalue weighted by Gasteiger charge is 2.33. The van der Waals surface area contributed by atoms with Gasteiger partial charge in [-0.3, -0.25) is 9.52 Å². The van der Waals surface area contributed by atoms with Crippen molar-refractivity contribution in [2.45, 2.75) is 30.9 Å². The summed E-state index contributed by atoms with van der Waals surface area (Å²) in [5.41, 5.74) is 0.370. The van der Waals surface area contributed by atoms with Gasteiger partial charge in [0, 0.05) is 24.7 Å². The Morgan fingerprint density at radius 1 is 1.24 bits per heavy atom. The van der Waals surface area contributed by atoms with Crippen molar-refractivity contribution in [2.24, 2.45) is 5.92 Å². The Hall–Kier alpha value is -2.69. The van der Waals surface area contributed by atoms with Crippen molar-refractivity contribution in [3.8, 4) is 5.75 Å². The van der Waals surface area contributed by atoms with E-state index >= 15 is 0 Å². The van der Waals surface area contributed by atoms with Crippen molar-refractivity contribution in [3.63, 3.8) is 0 Å². The lowest BCUT2D eigenvalue weighted by atomic mass is 9.99. The summed E-state index contributed by atoms with van der Waals surface area (Å²) in [4.78, 5) is 16.9. The maximum Gasteiger partial charge on any atom is 0.261 e. The number of aliphatic hydroxyl groups is 1. The number of nitrogens with one attached hydrogen (secondary N) is 1. The van der Waals surface area contributed by atoms with Gasteiger partial charge >= 0.3 is 0 Å². The van der Waals surface area contributed by atoms with Gasteiger partial charge in [-0.05, 0) is 63.5 Å². The predicted molar refractivity (Wildman–Crippen MR) is 123 cm³/mol.